The molecule has 1 atom stereocenters. The van der Waals surface area contributed by atoms with Crippen LogP contribution in [0.5, 0.6) is 11.5 Å². The van der Waals surface area contributed by atoms with E-state index >= 15 is 0 Å². The van der Waals surface area contributed by atoms with Crippen molar-refractivity contribution in [2.45, 2.75) is 19.5 Å². The van der Waals surface area contributed by atoms with E-state index in [4.69, 9.17) is 4.74 Å². The summed E-state index contributed by atoms with van der Waals surface area (Å²) in [7, 11) is 0. The second kappa shape index (κ2) is 8.98. The smallest absolute Gasteiger partial charge is 0.295 e. The number of hydrogen-bond donors (Lipinski definition) is 2. The van der Waals surface area contributed by atoms with E-state index in [-0.39, 0.29) is 29.4 Å². The lowest BCUT2D eigenvalue weighted by Gasteiger charge is -2.26. The SMILES string of the molecule is CCOc1cc(C2C(=C(O)c3ccccc3)C(=O)C(=O)N2Cc2ccccc2)ccc1O. The standard InChI is InChI=1S/C26H23NO5/c1-2-32-21-15-19(13-14-20(21)28)23-22(24(29)18-11-7-4-8-12-18)25(30)26(31)27(23)16-17-9-5-3-6-10-17/h3-15,23,28-29H,2,16H2,1H3. The first-order valence-corrected chi connectivity index (χ1v) is 10.3. The van der Waals surface area contributed by atoms with Crippen LogP contribution in [0.15, 0.2) is 84.4 Å². The highest BCUT2D eigenvalue weighted by Gasteiger charge is 2.46. The normalized spacial score (nSPS) is 17.5. The molecule has 1 aliphatic heterocycles. The summed E-state index contributed by atoms with van der Waals surface area (Å²) in [5, 5.41) is 21.2. The molecule has 0 aromatic heterocycles. The summed E-state index contributed by atoms with van der Waals surface area (Å²) >= 11 is 0. The van der Waals surface area contributed by atoms with Crippen molar-refractivity contribution < 1.29 is 24.5 Å². The number of Topliss-reactive ketones (excluding diaryl/α,β-unsaturated/α-hetero) is 1. The van der Waals surface area contributed by atoms with Crippen molar-refractivity contribution in [3.8, 4) is 11.5 Å². The van der Waals surface area contributed by atoms with Gasteiger partial charge in [0.15, 0.2) is 11.5 Å². The zero-order chi connectivity index (χ0) is 22.7. The third-order valence-electron chi connectivity index (χ3n) is 5.38. The fourth-order valence-corrected chi connectivity index (χ4v) is 3.89. The molecule has 162 valence electrons. The Labute approximate surface area is 186 Å². The number of phenols is 1. The number of amides is 1. The Morgan fingerprint density at radius 1 is 0.969 bits per heavy atom. The van der Waals surface area contributed by atoms with Crippen LogP contribution >= 0.6 is 0 Å². The Morgan fingerprint density at radius 2 is 1.62 bits per heavy atom. The number of hydrogen-bond acceptors (Lipinski definition) is 5. The average molecular weight is 429 g/mol. The fourth-order valence-electron chi connectivity index (χ4n) is 3.89. The van der Waals surface area contributed by atoms with Gasteiger partial charge in [-0.2, -0.15) is 0 Å². The topological polar surface area (TPSA) is 87.1 Å². The molecule has 2 N–H and O–H groups in total. The molecule has 0 aliphatic carbocycles. The quantitative estimate of drug-likeness (QED) is 0.344. The highest BCUT2D eigenvalue weighted by atomic mass is 16.5. The maximum atomic E-state index is 13.1. The van der Waals surface area contributed by atoms with Gasteiger partial charge in [0.25, 0.3) is 11.7 Å². The summed E-state index contributed by atoms with van der Waals surface area (Å²) in [6.45, 7) is 2.32. The molecule has 3 aromatic carbocycles. The number of carbonyl (C=O) groups is 2. The van der Waals surface area contributed by atoms with Gasteiger partial charge in [-0.3, -0.25) is 9.59 Å². The van der Waals surface area contributed by atoms with Gasteiger partial charge >= 0.3 is 0 Å². The van der Waals surface area contributed by atoms with Gasteiger partial charge in [-0.25, -0.2) is 0 Å². The van der Waals surface area contributed by atoms with Gasteiger partial charge in [0.2, 0.25) is 0 Å². The molecule has 0 bridgehead atoms. The molecule has 0 saturated carbocycles. The van der Waals surface area contributed by atoms with Gasteiger partial charge in [0, 0.05) is 12.1 Å². The number of aliphatic hydroxyl groups excluding tert-OH is 1. The van der Waals surface area contributed by atoms with Crippen molar-refractivity contribution in [3.05, 3.63) is 101 Å². The first kappa shape index (κ1) is 21.2. The number of carbonyl (C=O) groups excluding carboxylic acids is 2. The number of rotatable bonds is 6. The Kier molecular flexibility index (Phi) is 5.94. The molecule has 1 amide bonds. The number of phenolic OH excluding ortho intramolecular Hbond substituents is 1. The summed E-state index contributed by atoms with van der Waals surface area (Å²) in [6, 6.07) is 21.9. The molecule has 1 heterocycles. The van der Waals surface area contributed by atoms with Crippen LogP contribution in [-0.2, 0) is 16.1 Å². The zero-order valence-electron chi connectivity index (χ0n) is 17.6. The molecule has 0 radical (unpaired) electrons. The second-order valence-electron chi connectivity index (χ2n) is 7.44. The first-order chi connectivity index (χ1) is 15.5. The molecule has 1 aliphatic rings. The number of nitrogens with zero attached hydrogens (tertiary/aromatic N) is 1. The van der Waals surface area contributed by atoms with Crippen LogP contribution < -0.4 is 4.74 Å². The summed E-state index contributed by atoms with van der Waals surface area (Å²) in [5.41, 5.74) is 1.85. The highest BCUT2D eigenvalue weighted by molar-refractivity contribution is 6.46. The molecule has 1 saturated heterocycles. The summed E-state index contributed by atoms with van der Waals surface area (Å²) in [6.07, 6.45) is 0. The minimum Gasteiger partial charge on any atom is -0.507 e. The molecular formula is C26H23NO5. The third-order valence-corrected chi connectivity index (χ3v) is 5.38. The highest BCUT2D eigenvalue weighted by Crippen LogP contribution is 2.42. The minimum atomic E-state index is -0.838. The van der Waals surface area contributed by atoms with E-state index in [0.717, 1.165) is 5.56 Å². The molecule has 1 fully saturated rings. The van der Waals surface area contributed by atoms with Crippen molar-refractivity contribution in [1.29, 1.82) is 0 Å². The monoisotopic (exact) mass is 429 g/mol. The molecule has 4 rings (SSSR count). The summed E-state index contributed by atoms with van der Waals surface area (Å²) in [4.78, 5) is 27.6. The number of ketones is 1. The molecule has 3 aromatic rings. The Hall–Kier alpha value is -4.06. The molecule has 6 heteroatoms. The van der Waals surface area contributed by atoms with Crippen LogP contribution in [0, 0.1) is 0 Å². The predicted octanol–water partition coefficient (Wildman–Crippen LogP) is 4.41. The second-order valence-corrected chi connectivity index (χ2v) is 7.44. The van der Waals surface area contributed by atoms with Crippen molar-refractivity contribution in [2.24, 2.45) is 0 Å². The van der Waals surface area contributed by atoms with E-state index in [1.807, 2.05) is 30.3 Å². The number of likely N-dealkylation sites (tertiary alicyclic amines) is 1. The van der Waals surface area contributed by atoms with E-state index in [1.165, 1.54) is 11.0 Å². The van der Waals surface area contributed by atoms with Crippen LogP contribution in [-0.4, -0.2) is 33.4 Å². The Balaban J connectivity index is 1.88. The third kappa shape index (κ3) is 3.95. The van der Waals surface area contributed by atoms with Crippen molar-refractivity contribution in [2.75, 3.05) is 6.61 Å². The molecule has 6 nitrogen and oxygen atoms in total. The molecule has 1 unspecified atom stereocenters. The minimum absolute atomic E-state index is 0.00488. The first-order valence-electron chi connectivity index (χ1n) is 10.3. The molecule has 32 heavy (non-hydrogen) atoms. The van der Waals surface area contributed by atoms with Crippen molar-refractivity contribution >= 4 is 17.4 Å². The van der Waals surface area contributed by atoms with Crippen LogP contribution in [0.3, 0.4) is 0 Å². The van der Waals surface area contributed by atoms with Gasteiger partial charge in [0.1, 0.15) is 5.76 Å². The lowest BCUT2D eigenvalue weighted by atomic mass is 9.95. The Bertz CT molecular complexity index is 1170. The zero-order valence-corrected chi connectivity index (χ0v) is 17.6. The van der Waals surface area contributed by atoms with Crippen LogP contribution in [0.1, 0.15) is 29.7 Å². The number of aliphatic hydroxyl groups is 1. The maximum absolute atomic E-state index is 13.1. The van der Waals surface area contributed by atoms with Crippen LogP contribution in [0.4, 0.5) is 0 Å². The Morgan fingerprint density at radius 3 is 2.28 bits per heavy atom. The van der Waals surface area contributed by atoms with Gasteiger partial charge in [-0.1, -0.05) is 66.7 Å². The maximum Gasteiger partial charge on any atom is 0.295 e. The summed E-state index contributed by atoms with van der Waals surface area (Å²) in [5.74, 6) is -1.48. The predicted molar refractivity (Wildman–Crippen MR) is 120 cm³/mol. The van der Waals surface area contributed by atoms with Gasteiger partial charge in [-0.05, 0) is 30.2 Å². The average Bonchev–Trinajstić information content (AvgIpc) is 3.06. The lowest BCUT2D eigenvalue weighted by molar-refractivity contribution is -0.140. The lowest BCUT2D eigenvalue weighted by Crippen LogP contribution is -2.29. The van der Waals surface area contributed by atoms with Crippen LogP contribution in [0.2, 0.25) is 0 Å². The van der Waals surface area contributed by atoms with E-state index in [1.54, 1.807) is 49.4 Å². The fraction of sp³-hybridized carbons (Fsp3) is 0.154. The van der Waals surface area contributed by atoms with Crippen LogP contribution in [0.25, 0.3) is 5.76 Å². The van der Waals surface area contributed by atoms with E-state index in [9.17, 15) is 19.8 Å². The van der Waals surface area contributed by atoms with Gasteiger partial charge in [-0.15, -0.1) is 0 Å². The van der Waals surface area contributed by atoms with E-state index in [2.05, 4.69) is 0 Å². The van der Waals surface area contributed by atoms with Gasteiger partial charge < -0.3 is 19.8 Å². The van der Waals surface area contributed by atoms with Crippen molar-refractivity contribution in [3.63, 3.8) is 0 Å². The summed E-state index contributed by atoms with van der Waals surface area (Å²) < 4.78 is 5.51. The van der Waals surface area contributed by atoms with E-state index < -0.39 is 17.7 Å². The number of benzene rings is 3. The van der Waals surface area contributed by atoms with Crippen molar-refractivity contribution in [1.82, 2.24) is 4.90 Å². The van der Waals surface area contributed by atoms with Gasteiger partial charge in [0.05, 0.1) is 18.2 Å². The number of ether oxygens (including phenoxy) is 1. The largest absolute Gasteiger partial charge is 0.507 e. The molecule has 0 spiro atoms. The number of aromatic hydroxyl groups is 1. The molecular weight excluding hydrogens is 406 g/mol. The van der Waals surface area contributed by atoms with E-state index in [0.29, 0.717) is 17.7 Å².